The smallest absolute Gasteiger partial charge is 0.424 e. The number of hydrogen-bond acceptors (Lipinski definition) is 6. The second kappa shape index (κ2) is 9.17. The van der Waals surface area contributed by atoms with Gasteiger partial charge in [-0.25, -0.2) is 19.8 Å². The van der Waals surface area contributed by atoms with Gasteiger partial charge in [0.05, 0.1) is 28.8 Å². The van der Waals surface area contributed by atoms with Crippen molar-refractivity contribution in [2.75, 3.05) is 18.5 Å². The average Bonchev–Trinajstić information content (AvgIpc) is 3.11. The van der Waals surface area contributed by atoms with Crippen molar-refractivity contribution in [2.45, 2.75) is 71.1 Å². The Kier molecular flexibility index (Phi) is 6.95. The number of carboxylic acid groups (broad SMARTS) is 1. The number of aromatic nitrogens is 2. The molecule has 1 unspecified atom stereocenters. The number of nitrogens with one attached hydrogen (secondary N) is 2. The number of ether oxygens (including phenoxy) is 1. The Morgan fingerprint density at radius 3 is 2.43 bits per heavy atom. The second-order valence-electron chi connectivity index (χ2n) is 9.75. The van der Waals surface area contributed by atoms with Crippen LogP contribution in [0.1, 0.15) is 58.3 Å². The first kappa shape index (κ1) is 26.5. The van der Waals surface area contributed by atoms with Gasteiger partial charge in [0.1, 0.15) is 11.3 Å². The van der Waals surface area contributed by atoms with Gasteiger partial charge in [0.2, 0.25) is 0 Å². The van der Waals surface area contributed by atoms with Crippen LogP contribution in [0.5, 0.6) is 0 Å². The van der Waals surface area contributed by atoms with Crippen LogP contribution in [0, 0.1) is 0 Å². The Morgan fingerprint density at radius 2 is 1.89 bits per heavy atom. The van der Waals surface area contributed by atoms with Gasteiger partial charge in [0.25, 0.3) is 11.5 Å². The number of amides is 2. The quantitative estimate of drug-likeness (QED) is 0.556. The molecule has 1 aliphatic heterocycles. The summed E-state index contributed by atoms with van der Waals surface area (Å²) in [6.07, 6.45) is -3.12. The summed E-state index contributed by atoms with van der Waals surface area (Å²) in [4.78, 5) is 50.2. The lowest BCUT2D eigenvalue weighted by Crippen LogP contribution is -2.52. The number of hydrogen-bond donors (Lipinski definition) is 3. The standard InChI is InChI=1S/C21H28ClF2N5O6/c1-10(2)28-14-12(16(30)29(19(28)34)26-17(31)32)8-21(23,24)15(13(14)22)27-7-6-11(9-27)25-18(33)35-20(3,4)5/h10-11,26H,6-9H2,1-5H3,(H,25,33)(H,31,32). The summed E-state index contributed by atoms with van der Waals surface area (Å²) in [6, 6.07) is -1.13. The summed E-state index contributed by atoms with van der Waals surface area (Å²) in [7, 11) is 0. The van der Waals surface area contributed by atoms with E-state index in [0.29, 0.717) is 6.42 Å². The Morgan fingerprint density at radius 1 is 1.26 bits per heavy atom. The molecule has 3 N–H and O–H groups in total. The highest BCUT2D eigenvalue weighted by atomic mass is 35.5. The summed E-state index contributed by atoms with van der Waals surface area (Å²) in [6.45, 7) is 8.40. The molecule has 1 saturated heterocycles. The maximum atomic E-state index is 15.4. The van der Waals surface area contributed by atoms with Crippen LogP contribution in [0.3, 0.4) is 0 Å². The Balaban J connectivity index is 2.06. The number of likely N-dealkylation sites (tertiary alicyclic amines) is 1. The highest BCUT2D eigenvalue weighted by Gasteiger charge is 2.48. The summed E-state index contributed by atoms with van der Waals surface area (Å²) in [5.41, 5.74) is -2.55. The van der Waals surface area contributed by atoms with Crippen molar-refractivity contribution in [3.63, 3.8) is 0 Å². The number of allylic oxidation sites excluding steroid dienone is 1. The van der Waals surface area contributed by atoms with Crippen molar-refractivity contribution in [1.82, 2.24) is 19.5 Å². The van der Waals surface area contributed by atoms with E-state index in [1.165, 1.54) is 4.90 Å². The molecule has 1 aliphatic carbocycles. The van der Waals surface area contributed by atoms with Gasteiger partial charge in [-0.05, 0) is 41.0 Å². The fraction of sp³-hybridized carbons (Fsp3) is 0.619. The lowest BCUT2D eigenvalue weighted by atomic mass is 9.95. The van der Waals surface area contributed by atoms with Gasteiger partial charge in [-0.2, -0.15) is 13.5 Å². The monoisotopic (exact) mass is 519 g/mol. The van der Waals surface area contributed by atoms with Gasteiger partial charge in [-0.15, -0.1) is 0 Å². The SMILES string of the molecule is CC(C)n1c2c(c(=O)n(NC(=O)O)c1=O)CC(F)(F)C(N1CCC(NC(=O)OC(C)(C)C)C1)=C2Cl. The van der Waals surface area contributed by atoms with Gasteiger partial charge in [-0.1, -0.05) is 11.6 Å². The molecule has 2 heterocycles. The minimum atomic E-state index is -3.59. The summed E-state index contributed by atoms with van der Waals surface area (Å²) < 4.78 is 37.2. The molecule has 35 heavy (non-hydrogen) atoms. The normalized spacial score (nSPS) is 19.6. The lowest BCUT2D eigenvalue weighted by Gasteiger charge is -2.35. The zero-order chi connectivity index (χ0) is 26.5. The van der Waals surface area contributed by atoms with E-state index in [9.17, 15) is 19.2 Å². The minimum Gasteiger partial charge on any atom is -0.464 e. The van der Waals surface area contributed by atoms with Crippen molar-refractivity contribution in [3.05, 3.63) is 37.8 Å². The Labute approximate surface area is 204 Å². The molecule has 0 aromatic carbocycles. The predicted octanol–water partition coefficient (Wildman–Crippen LogP) is 2.51. The van der Waals surface area contributed by atoms with Crippen molar-refractivity contribution < 1.29 is 28.2 Å². The van der Waals surface area contributed by atoms with E-state index < -0.39 is 69.8 Å². The number of halogens is 3. The zero-order valence-corrected chi connectivity index (χ0v) is 20.7. The molecule has 0 spiro atoms. The van der Waals surface area contributed by atoms with Crippen LogP contribution in [0.4, 0.5) is 18.4 Å². The van der Waals surface area contributed by atoms with Crippen molar-refractivity contribution in [1.29, 1.82) is 0 Å². The van der Waals surface area contributed by atoms with Gasteiger partial charge in [0.15, 0.2) is 0 Å². The minimum absolute atomic E-state index is 0.0132. The van der Waals surface area contributed by atoms with Crippen LogP contribution in [0.15, 0.2) is 15.3 Å². The second-order valence-corrected chi connectivity index (χ2v) is 10.1. The molecule has 0 bridgehead atoms. The van der Waals surface area contributed by atoms with E-state index >= 15 is 8.78 Å². The molecular formula is C21H28ClF2N5O6. The third kappa shape index (κ3) is 5.29. The number of fused-ring (bicyclic) bond motifs is 1. The molecule has 1 aromatic heterocycles. The number of carbonyl (C=O) groups is 2. The lowest BCUT2D eigenvalue weighted by molar-refractivity contribution is 0.0131. The number of alkyl carbamates (subject to hydrolysis) is 1. The topological polar surface area (TPSA) is 135 Å². The zero-order valence-electron chi connectivity index (χ0n) is 19.9. The van der Waals surface area contributed by atoms with Gasteiger partial charge < -0.3 is 20.1 Å². The highest BCUT2D eigenvalue weighted by Crippen LogP contribution is 2.44. The summed E-state index contributed by atoms with van der Waals surface area (Å²) >= 11 is 6.47. The van der Waals surface area contributed by atoms with Crippen LogP contribution in [0.25, 0.3) is 5.03 Å². The molecule has 11 nitrogen and oxygen atoms in total. The molecule has 2 aliphatic rings. The number of alkyl halides is 2. The Bertz CT molecular complexity index is 1200. The van der Waals surface area contributed by atoms with Crippen LogP contribution >= 0.6 is 11.6 Å². The molecule has 14 heteroatoms. The molecule has 0 radical (unpaired) electrons. The molecule has 2 amide bonds. The van der Waals surface area contributed by atoms with Crippen LogP contribution < -0.4 is 22.0 Å². The van der Waals surface area contributed by atoms with E-state index in [2.05, 4.69) is 5.32 Å². The Hall–Kier alpha value is -3.09. The first-order valence-electron chi connectivity index (χ1n) is 11.0. The van der Waals surface area contributed by atoms with E-state index in [1.54, 1.807) is 40.0 Å². The number of carbonyl (C=O) groups excluding carboxylic acids is 1. The molecule has 194 valence electrons. The maximum absolute atomic E-state index is 15.4. The molecule has 1 aromatic rings. The van der Waals surface area contributed by atoms with Crippen molar-refractivity contribution >= 4 is 28.8 Å². The van der Waals surface area contributed by atoms with Crippen LogP contribution in [0.2, 0.25) is 0 Å². The molecule has 3 rings (SSSR count). The van der Waals surface area contributed by atoms with Gasteiger partial charge in [0, 0.05) is 19.1 Å². The number of nitrogens with zero attached hydrogens (tertiary/aromatic N) is 3. The molecule has 1 atom stereocenters. The molecule has 0 saturated carbocycles. The first-order valence-corrected chi connectivity index (χ1v) is 11.3. The van der Waals surface area contributed by atoms with Gasteiger partial charge in [-0.3, -0.25) is 9.36 Å². The summed E-state index contributed by atoms with van der Waals surface area (Å²) in [5.74, 6) is -3.59. The van der Waals surface area contributed by atoms with E-state index in [0.717, 1.165) is 4.57 Å². The third-order valence-electron chi connectivity index (χ3n) is 5.50. The molecular weight excluding hydrogens is 492 g/mol. The molecule has 1 fully saturated rings. The van der Waals surface area contributed by atoms with E-state index in [4.69, 9.17) is 21.4 Å². The first-order chi connectivity index (χ1) is 16.0. The maximum Gasteiger partial charge on any atom is 0.424 e. The largest absolute Gasteiger partial charge is 0.464 e. The highest BCUT2D eigenvalue weighted by molar-refractivity contribution is 6.49. The number of rotatable bonds is 4. The third-order valence-corrected chi connectivity index (χ3v) is 5.85. The van der Waals surface area contributed by atoms with E-state index in [1.807, 2.05) is 0 Å². The van der Waals surface area contributed by atoms with E-state index in [-0.39, 0.29) is 23.5 Å². The fourth-order valence-electron chi connectivity index (χ4n) is 4.25. The van der Waals surface area contributed by atoms with Crippen LogP contribution in [-0.4, -0.2) is 62.1 Å². The van der Waals surface area contributed by atoms with Crippen molar-refractivity contribution in [2.24, 2.45) is 0 Å². The van der Waals surface area contributed by atoms with Crippen LogP contribution in [-0.2, 0) is 11.2 Å². The van der Waals surface area contributed by atoms with Gasteiger partial charge >= 0.3 is 17.9 Å². The predicted molar refractivity (Wildman–Crippen MR) is 124 cm³/mol. The fourth-order valence-corrected chi connectivity index (χ4v) is 4.71. The van der Waals surface area contributed by atoms with Crippen molar-refractivity contribution in [3.8, 4) is 0 Å². The average molecular weight is 520 g/mol. The summed E-state index contributed by atoms with van der Waals surface area (Å²) in [5, 5.41) is 11.2.